The molecule has 0 aliphatic carbocycles. The molecule has 1 heterocycles. The third-order valence-electron chi connectivity index (χ3n) is 4.89. The third kappa shape index (κ3) is 5.55. The third-order valence-corrected chi connectivity index (χ3v) is 5.68. The first-order valence-corrected chi connectivity index (χ1v) is 10.7. The van der Waals surface area contributed by atoms with E-state index in [1.54, 1.807) is 26.2 Å². The number of anilines is 2. The molecule has 0 saturated carbocycles. The van der Waals surface area contributed by atoms with Crippen molar-refractivity contribution < 1.29 is 14.3 Å². The van der Waals surface area contributed by atoms with Gasteiger partial charge in [0.15, 0.2) is 0 Å². The lowest BCUT2D eigenvalue weighted by molar-refractivity contribution is -0.129. The van der Waals surface area contributed by atoms with Crippen LogP contribution in [0.5, 0.6) is 5.75 Å². The van der Waals surface area contributed by atoms with Gasteiger partial charge in [-0.2, -0.15) is 0 Å². The summed E-state index contributed by atoms with van der Waals surface area (Å²) in [4.78, 5) is 27.8. The number of nitrogens with zero attached hydrogens (tertiary/aromatic N) is 2. The zero-order valence-electron chi connectivity index (χ0n) is 16.8. The molecule has 3 rings (SSSR count). The Bertz CT molecular complexity index is 972. The van der Waals surface area contributed by atoms with Crippen LogP contribution in [0.3, 0.4) is 0 Å². The minimum Gasteiger partial charge on any atom is -0.496 e. The summed E-state index contributed by atoms with van der Waals surface area (Å²) in [6, 6.07) is 11.0. The fourth-order valence-corrected chi connectivity index (χ4v) is 3.97. The molecule has 0 unspecified atom stereocenters. The Kier molecular flexibility index (Phi) is 7.39. The first-order chi connectivity index (χ1) is 14.4. The number of carbonyl (C=O) groups excluding carboxylic acids is 2. The Balaban J connectivity index is 1.64. The second-order valence-electron chi connectivity index (χ2n) is 6.87. The average Bonchev–Trinajstić information content (AvgIpc) is 2.72. The van der Waals surface area contributed by atoms with E-state index in [2.05, 4.69) is 26.1 Å². The van der Waals surface area contributed by atoms with Crippen LogP contribution in [0.1, 0.15) is 12.5 Å². The highest BCUT2D eigenvalue weighted by Gasteiger charge is 2.20. The number of amides is 2. The van der Waals surface area contributed by atoms with E-state index >= 15 is 0 Å². The largest absolute Gasteiger partial charge is 0.496 e. The van der Waals surface area contributed by atoms with Crippen LogP contribution in [0.25, 0.3) is 6.08 Å². The van der Waals surface area contributed by atoms with Gasteiger partial charge in [-0.1, -0.05) is 27.5 Å². The predicted octanol–water partition coefficient (Wildman–Crippen LogP) is 4.43. The molecule has 0 radical (unpaired) electrons. The monoisotopic (exact) mass is 491 g/mol. The molecule has 158 valence electrons. The summed E-state index contributed by atoms with van der Waals surface area (Å²) in [5.74, 6) is 0.503. The van der Waals surface area contributed by atoms with Gasteiger partial charge in [-0.05, 0) is 42.5 Å². The fourth-order valence-electron chi connectivity index (χ4n) is 3.29. The summed E-state index contributed by atoms with van der Waals surface area (Å²) in [5.41, 5.74) is 2.30. The highest BCUT2D eigenvalue weighted by molar-refractivity contribution is 9.10. The van der Waals surface area contributed by atoms with Crippen LogP contribution in [0, 0.1) is 0 Å². The van der Waals surface area contributed by atoms with Crippen molar-refractivity contribution >= 4 is 56.8 Å². The van der Waals surface area contributed by atoms with Gasteiger partial charge in [-0.3, -0.25) is 9.59 Å². The molecule has 1 aliphatic rings. The molecule has 0 atom stereocenters. The number of carbonyl (C=O) groups is 2. The number of halogens is 2. The molecule has 0 spiro atoms. The van der Waals surface area contributed by atoms with E-state index in [1.807, 2.05) is 35.2 Å². The van der Waals surface area contributed by atoms with Gasteiger partial charge >= 0.3 is 0 Å². The quantitative estimate of drug-likeness (QED) is 0.627. The zero-order valence-corrected chi connectivity index (χ0v) is 19.2. The van der Waals surface area contributed by atoms with Crippen LogP contribution in [-0.2, 0) is 9.59 Å². The van der Waals surface area contributed by atoms with Crippen molar-refractivity contribution in [2.45, 2.75) is 6.92 Å². The van der Waals surface area contributed by atoms with Crippen molar-refractivity contribution in [3.63, 3.8) is 0 Å². The van der Waals surface area contributed by atoms with Crippen LogP contribution >= 0.6 is 27.5 Å². The van der Waals surface area contributed by atoms with Crippen molar-refractivity contribution in [1.29, 1.82) is 0 Å². The molecule has 1 fully saturated rings. The van der Waals surface area contributed by atoms with E-state index in [0.717, 1.165) is 28.8 Å². The summed E-state index contributed by atoms with van der Waals surface area (Å²) in [6.45, 7) is 4.38. The zero-order chi connectivity index (χ0) is 21.7. The summed E-state index contributed by atoms with van der Waals surface area (Å²) in [5, 5.41) is 3.38. The van der Waals surface area contributed by atoms with Crippen LogP contribution in [0.4, 0.5) is 11.4 Å². The van der Waals surface area contributed by atoms with E-state index in [0.29, 0.717) is 29.5 Å². The molecule has 8 heteroatoms. The molecule has 2 aromatic rings. The topological polar surface area (TPSA) is 61.9 Å². The molecule has 1 saturated heterocycles. The van der Waals surface area contributed by atoms with E-state index in [4.69, 9.17) is 16.3 Å². The average molecular weight is 493 g/mol. The summed E-state index contributed by atoms with van der Waals surface area (Å²) >= 11 is 9.88. The Morgan fingerprint density at radius 1 is 1.13 bits per heavy atom. The van der Waals surface area contributed by atoms with Gasteiger partial charge in [0.05, 0.1) is 17.8 Å². The second kappa shape index (κ2) is 10.00. The second-order valence-corrected chi connectivity index (χ2v) is 8.19. The maximum absolute atomic E-state index is 12.3. The van der Waals surface area contributed by atoms with E-state index in [1.165, 1.54) is 6.08 Å². The normalized spacial score (nSPS) is 14.1. The van der Waals surface area contributed by atoms with Crippen LogP contribution < -0.4 is 15.0 Å². The molecule has 1 aliphatic heterocycles. The number of ether oxygens (including phenoxy) is 1. The molecule has 0 aromatic heterocycles. The van der Waals surface area contributed by atoms with Gasteiger partial charge in [-0.25, -0.2) is 0 Å². The maximum Gasteiger partial charge on any atom is 0.248 e. The summed E-state index contributed by atoms with van der Waals surface area (Å²) in [7, 11) is 1.59. The molecule has 6 nitrogen and oxygen atoms in total. The number of hydrogen-bond donors (Lipinski definition) is 1. The molecule has 2 amide bonds. The first kappa shape index (κ1) is 22.2. The fraction of sp³-hybridized carbons (Fsp3) is 0.273. The Morgan fingerprint density at radius 2 is 1.87 bits per heavy atom. The maximum atomic E-state index is 12.3. The lowest BCUT2D eigenvalue weighted by Gasteiger charge is -2.36. The summed E-state index contributed by atoms with van der Waals surface area (Å²) < 4.78 is 6.21. The van der Waals surface area contributed by atoms with Crippen LogP contribution in [0.2, 0.25) is 5.02 Å². The van der Waals surface area contributed by atoms with E-state index in [9.17, 15) is 9.59 Å². The smallest absolute Gasteiger partial charge is 0.248 e. The van der Waals surface area contributed by atoms with Crippen molar-refractivity contribution in [1.82, 2.24) is 4.90 Å². The first-order valence-electron chi connectivity index (χ1n) is 9.50. The molecule has 0 bridgehead atoms. The highest BCUT2D eigenvalue weighted by atomic mass is 79.9. The minimum atomic E-state index is -0.268. The van der Waals surface area contributed by atoms with Crippen molar-refractivity contribution in [2.75, 3.05) is 43.5 Å². The number of methoxy groups -OCH3 is 1. The number of nitrogens with one attached hydrogen (secondary N) is 1. The van der Waals surface area contributed by atoms with E-state index in [-0.39, 0.29) is 11.8 Å². The van der Waals surface area contributed by atoms with Crippen molar-refractivity contribution in [2.24, 2.45) is 0 Å². The highest BCUT2D eigenvalue weighted by Crippen LogP contribution is 2.30. The lowest BCUT2D eigenvalue weighted by Crippen LogP contribution is -2.48. The minimum absolute atomic E-state index is 0.0901. The van der Waals surface area contributed by atoms with Gasteiger partial charge in [0, 0.05) is 54.9 Å². The van der Waals surface area contributed by atoms with Gasteiger partial charge in [0.1, 0.15) is 5.75 Å². The number of benzene rings is 2. The Hall–Kier alpha value is -2.51. The number of hydrogen-bond acceptors (Lipinski definition) is 4. The SMILES string of the molecule is COc1ccc(Br)cc1/C=C/C(=O)Nc1ccc(N2CCN(C(C)=O)CC2)c(Cl)c1. The van der Waals surface area contributed by atoms with E-state index < -0.39 is 0 Å². The van der Waals surface area contributed by atoms with Crippen LogP contribution in [-0.4, -0.2) is 50.0 Å². The Labute approximate surface area is 189 Å². The predicted molar refractivity (Wildman–Crippen MR) is 124 cm³/mol. The van der Waals surface area contributed by atoms with Gasteiger partial charge in [-0.15, -0.1) is 0 Å². The van der Waals surface area contributed by atoms with Gasteiger partial charge in [0.2, 0.25) is 11.8 Å². The Morgan fingerprint density at radius 3 is 2.50 bits per heavy atom. The molecule has 2 aromatic carbocycles. The standard InChI is InChI=1S/C22H23BrClN3O3/c1-15(28)26-9-11-27(12-10-26)20-6-5-18(14-19(20)24)25-22(29)8-3-16-13-17(23)4-7-21(16)30-2/h3-8,13-14H,9-12H2,1-2H3,(H,25,29)/b8-3+. The van der Waals surface area contributed by atoms with Gasteiger partial charge < -0.3 is 19.9 Å². The molecular formula is C22H23BrClN3O3. The van der Waals surface area contributed by atoms with Crippen LogP contribution in [0.15, 0.2) is 46.9 Å². The molecular weight excluding hydrogens is 470 g/mol. The molecule has 1 N–H and O–H groups in total. The number of rotatable bonds is 5. The summed E-state index contributed by atoms with van der Waals surface area (Å²) in [6.07, 6.45) is 3.15. The number of piperazine rings is 1. The lowest BCUT2D eigenvalue weighted by atomic mass is 10.2. The van der Waals surface area contributed by atoms with Crippen molar-refractivity contribution in [3.05, 3.63) is 57.5 Å². The van der Waals surface area contributed by atoms with Crippen molar-refractivity contribution in [3.8, 4) is 5.75 Å². The molecule has 30 heavy (non-hydrogen) atoms. The van der Waals surface area contributed by atoms with Gasteiger partial charge in [0.25, 0.3) is 0 Å².